The maximum absolute atomic E-state index is 11.8. The predicted molar refractivity (Wildman–Crippen MR) is 72.5 cm³/mol. The van der Waals surface area contributed by atoms with Crippen molar-refractivity contribution in [3.8, 4) is 0 Å². The summed E-state index contributed by atoms with van der Waals surface area (Å²) in [5.41, 5.74) is 0. The van der Waals surface area contributed by atoms with Crippen LogP contribution in [0.2, 0.25) is 0 Å². The van der Waals surface area contributed by atoms with E-state index in [4.69, 9.17) is 9.47 Å². The van der Waals surface area contributed by atoms with Crippen LogP contribution >= 0.6 is 24.4 Å². The summed E-state index contributed by atoms with van der Waals surface area (Å²) in [5.74, 6) is -1.25. The minimum absolute atomic E-state index is 0.148. The fraction of sp³-hybridized carbons (Fsp3) is 0.818. The summed E-state index contributed by atoms with van der Waals surface area (Å²) in [6, 6.07) is 0. The Morgan fingerprint density at radius 1 is 1.18 bits per heavy atom. The molecule has 0 bridgehead atoms. The van der Waals surface area contributed by atoms with Crippen LogP contribution in [0.5, 0.6) is 0 Å². The average Bonchev–Trinajstić information content (AvgIpc) is 2.29. The number of thiol groups is 1. The van der Waals surface area contributed by atoms with Gasteiger partial charge in [0.1, 0.15) is 0 Å². The third-order valence-electron chi connectivity index (χ3n) is 2.17. The maximum atomic E-state index is 11.8. The molecule has 0 aliphatic carbocycles. The molecule has 100 valence electrons. The van der Waals surface area contributed by atoms with Crippen LogP contribution in [0.25, 0.3) is 0 Å². The number of hydrogen-bond acceptors (Lipinski definition) is 6. The topological polar surface area (TPSA) is 52.6 Å². The minimum atomic E-state index is -0.850. The fourth-order valence-corrected chi connectivity index (χ4v) is 2.71. The molecule has 0 fully saturated rings. The molecule has 17 heavy (non-hydrogen) atoms. The number of rotatable bonds is 8. The van der Waals surface area contributed by atoms with Crippen LogP contribution in [0.3, 0.4) is 0 Å². The Labute approximate surface area is 112 Å². The van der Waals surface area contributed by atoms with E-state index in [9.17, 15) is 9.59 Å². The van der Waals surface area contributed by atoms with Crippen molar-refractivity contribution >= 4 is 36.3 Å². The Morgan fingerprint density at radius 3 is 1.94 bits per heavy atom. The molecule has 0 radical (unpaired) electrons. The smallest absolute Gasteiger partial charge is 0.321 e. The third kappa shape index (κ3) is 5.68. The largest absolute Gasteiger partial charge is 0.465 e. The van der Waals surface area contributed by atoms with Crippen molar-refractivity contribution in [3.05, 3.63) is 0 Å². The van der Waals surface area contributed by atoms with Crippen LogP contribution in [0.4, 0.5) is 0 Å². The molecule has 1 unspecified atom stereocenters. The minimum Gasteiger partial charge on any atom is -0.465 e. The number of thioether (sulfide) groups is 1. The van der Waals surface area contributed by atoms with Gasteiger partial charge in [-0.15, -0.1) is 0 Å². The zero-order valence-electron chi connectivity index (χ0n) is 10.5. The van der Waals surface area contributed by atoms with Crippen LogP contribution in [-0.4, -0.2) is 42.4 Å². The van der Waals surface area contributed by atoms with Gasteiger partial charge < -0.3 is 9.47 Å². The lowest BCUT2D eigenvalue weighted by atomic mass is 10.0. The summed E-state index contributed by atoms with van der Waals surface area (Å²) >= 11 is 5.59. The molecule has 0 heterocycles. The second-order valence-corrected chi connectivity index (χ2v) is 4.79. The molecule has 0 aromatic rings. The van der Waals surface area contributed by atoms with Crippen molar-refractivity contribution in [2.45, 2.75) is 25.5 Å². The van der Waals surface area contributed by atoms with Gasteiger partial charge in [0.05, 0.1) is 13.2 Å². The van der Waals surface area contributed by atoms with Crippen molar-refractivity contribution in [3.63, 3.8) is 0 Å². The average molecular weight is 280 g/mol. The normalized spacial score (nSPS) is 12.3. The van der Waals surface area contributed by atoms with Crippen molar-refractivity contribution in [2.24, 2.45) is 5.92 Å². The molecule has 0 aliphatic rings. The standard InChI is InChI=1S/C11H20O4S2/c1-4-14-10(12)9(11(13)15-5-2)8(17-3)6-7-16/h8-9,16H,4-7H2,1-3H3. The molecular formula is C11H20O4S2. The molecule has 0 N–H and O–H groups in total. The van der Waals surface area contributed by atoms with E-state index in [0.717, 1.165) is 0 Å². The lowest BCUT2D eigenvalue weighted by molar-refractivity contribution is -0.161. The highest BCUT2D eigenvalue weighted by Gasteiger charge is 2.36. The summed E-state index contributed by atoms with van der Waals surface area (Å²) in [6.07, 6.45) is 2.52. The molecular weight excluding hydrogens is 260 g/mol. The highest BCUT2D eigenvalue weighted by Crippen LogP contribution is 2.24. The van der Waals surface area contributed by atoms with E-state index in [1.807, 2.05) is 6.26 Å². The molecule has 0 aromatic heterocycles. The second kappa shape index (κ2) is 9.65. The lowest BCUT2D eigenvalue weighted by Gasteiger charge is -2.21. The molecule has 0 amide bonds. The Hall–Kier alpha value is -0.360. The molecule has 0 saturated carbocycles. The van der Waals surface area contributed by atoms with Crippen molar-refractivity contribution in [1.29, 1.82) is 0 Å². The number of hydrogen-bond donors (Lipinski definition) is 1. The summed E-state index contributed by atoms with van der Waals surface area (Å²) < 4.78 is 9.85. The third-order valence-corrected chi connectivity index (χ3v) is 3.54. The van der Waals surface area contributed by atoms with Gasteiger partial charge in [-0.3, -0.25) is 9.59 Å². The van der Waals surface area contributed by atoms with Crippen molar-refractivity contribution < 1.29 is 19.1 Å². The first-order chi connectivity index (χ1) is 8.12. The predicted octanol–water partition coefficient (Wildman–Crippen LogP) is 1.78. The van der Waals surface area contributed by atoms with E-state index >= 15 is 0 Å². The zero-order chi connectivity index (χ0) is 13.3. The fourth-order valence-electron chi connectivity index (χ4n) is 1.41. The maximum Gasteiger partial charge on any atom is 0.321 e. The van der Waals surface area contributed by atoms with Gasteiger partial charge in [-0.25, -0.2) is 0 Å². The summed E-state index contributed by atoms with van der Waals surface area (Å²) in [6.45, 7) is 3.95. The number of esters is 2. The van der Waals surface area contributed by atoms with Crippen LogP contribution < -0.4 is 0 Å². The van der Waals surface area contributed by atoms with Gasteiger partial charge in [-0.1, -0.05) is 0 Å². The highest BCUT2D eigenvalue weighted by molar-refractivity contribution is 7.99. The van der Waals surface area contributed by atoms with Crippen LogP contribution in [-0.2, 0) is 19.1 Å². The van der Waals surface area contributed by atoms with Gasteiger partial charge in [0, 0.05) is 5.25 Å². The van der Waals surface area contributed by atoms with E-state index in [2.05, 4.69) is 12.6 Å². The number of carbonyl (C=O) groups is 2. The molecule has 4 nitrogen and oxygen atoms in total. The first-order valence-electron chi connectivity index (χ1n) is 5.59. The van der Waals surface area contributed by atoms with E-state index in [-0.39, 0.29) is 18.5 Å². The van der Waals surface area contributed by atoms with Crippen LogP contribution in [0.15, 0.2) is 0 Å². The van der Waals surface area contributed by atoms with Crippen LogP contribution in [0, 0.1) is 5.92 Å². The number of ether oxygens (including phenoxy) is 2. The van der Waals surface area contributed by atoms with E-state index in [1.165, 1.54) is 11.8 Å². The molecule has 0 aliphatic heterocycles. The summed E-state index contributed by atoms with van der Waals surface area (Å²) in [4.78, 5) is 23.5. The first-order valence-corrected chi connectivity index (χ1v) is 7.51. The van der Waals surface area contributed by atoms with Gasteiger partial charge in [0.15, 0.2) is 5.92 Å². The Kier molecular flexibility index (Phi) is 9.44. The zero-order valence-corrected chi connectivity index (χ0v) is 12.2. The Bertz CT molecular complexity index is 228. The van der Waals surface area contributed by atoms with Crippen molar-refractivity contribution in [2.75, 3.05) is 25.2 Å². The molecule has 0 saturated heterocycles. The summed E-state index contributed by atoms with van der Waals surface area (Å²) in [7, 11) is 0. The molecule has 0 aromatic carbocycles. The Morgan fingerprint density at radius 2 is 1.65 bits per heavy atom. The highest BCUT2D eigenvalue weighted by atomic mass is 32.2. The van der Waals surface area contributed by atoms with E-state index in [0.29, 0.717) is 12.2 Å². The van der Waals surface area contributed by atoms with Gasteiger partial charge in [-0.2, -0.15) is 24.4 Å². The van der Waals surface area contributed by atoms with Crippen LogP contribution in [0.1, 0.15) is 20.3 Å². The second-order valence-electron chi connectivity index (χ2n) is 3.27. The number of carbonyl (C=O) groups excluding carboxylic acids is 2. The SMILES string of the molecule is CCOC(=O)C(C(=O)OCC)C(CCS)SC. The van der Waals surface area contributed by atoms with Gasteiger partial charge >= 0.3 is 11.9 Å². The quantitative estimate of drug-likeness (QED) is 0.417. The van der Waals surface area contributed by atoms with E-state index < -0.39 is 17.9 Å². The van der Waals surface area contributed by atoms with Crippen molar-refractivity contribution in [1.82, 2.24) is 0 Å². The molecule has 0 spiro atoms. The lowest BCUT2D eigenvalue weighted by Crippen LogP contribution is -2.36. The van der Waals surface area contributed by atoms with Gasteiger partial charge in [0.25, 0.3) is 0 Å². The van der Waals surface area contributed by atoms with E-state index in [1.54, 1.807) is 13.8 Å². The molecule has 0 rings (SSSR count). The molecule has 1 atom stereocenters. The Balaban J connectivity index is 4.79. The monoisotopic (exact) mass is 280 g/mol. The first kappa shape index (κ1) is 16.6. The van der Waals surface area contributed by atoms with Gasteiger partial charge in [-0.05, 0) is 32.3 Å². The molecule has 6 heteroatoms. The summed E-state index contributed by atoms with van der Waals surface area (Å²) in [5, 5.41) is -0.148. The van der Waals surface area contributed by atoms with Gasteiger partial charge in [0.2, 0.25) is 0 Å².